The lowest BCUT2D eigenvalue weighted by atomic mass is 9.78. The molecule has 1 fully saturated rings. The van der Waals surface area contributed by atoms with Crippen LogP contribution in [0.25, 0.3) is 0 Å². The third kappa shape index (κ3) is 4.99. The van der Waals surface area contributed by atoms with Gasteiger partial charge < -0.3 is 19.9 Å². The van der Waals surface area contributed by atoms with Gasteiger partial charge in [0, 0.05) is 30.5 Å². The zero-order chi connectivity index (χ0) is 22.7. The van der Waals surface area contributed by atoms with Crippen LogP contribution in [0.1, 0.15) is 43.5 Å². The van der Waals surface area contributed by atoms with Crippen LogP contribution >= 0.6 is 0 Å². The molecule has 1 aliphatic carbocycles. The lowest BCUT2D eigenvalue weighted by molar-refractivity contribution is 0.0833. The van der Waals surface area contributed by atoms with Gasteiger partial charge in [0.2, 0.25) is 5.88 Å². The average molecular weight is 434 g/mol. The second-order valence-electron chi connectivity index (χ2n) is 8.63. The summed E-state index contributed by atoms with van der Waals surface area (Å²) in [5, 5.41) is 11.2. The Hall–Kier alpha value is -3.61. The predicted molar refractivity (Wildman–Crippen MR) is 120 cm³/mol. The van der Waals surface area contributed by atoms with Crippen molar-refractivity contribution in [3.63, 3.8) is 0 Å². The Bertz CT molecular complexity index is 1080. The third-order valence-corrected chi connectivity index (χ3v) is 5.83. The van der Waals surface area contributed by atoms with Crippen LogP contribution in [0.2, 0.25) is 0 Å². The highest BCUT2D eigenvalue weighted by Crippen LogP contribution is 2.34. The average Bonchev–Trinajstić information content (AvgIpc) is 2.73. The Morgan fingerprint density at radius 3 is 2.16 bits per heavy atom. The lowest BCUT2D eigenvalue weighted by Gasteiger charge is -2.35. The van der Waals surface area contributed by atoms with Crippen LogP contribution in [0, 0.1) is 6.92 Å². The van der Waals surface area contributed by atoms with Crippen LogP contribution in [0.3, 0.4) is 0 Å². The molecule has 166 valence electrons. The summed E-state index contributed by atoms with van der Waals surface area (Å²) in [5.74, 6) is 1.99. The minimum atomic E-state index is -0.983. The highest BCUT2D eigenvalue weighted by molar-refractivity contribution is 5.65. The van der Waals surface area contributed by atoms with Crippen LogP contribution in [0.4, 0.5) is 4.79 Å². The third-order valence-electron chi connectivity index (χ3n) is 5.83. The summed E-state index contributed by atoms with van der Waals surface area (Å²) in [6, 6.07) is 16.1. The molecule has 0 bridgehead atoms. The number of nitrogens with zero attached hydrogens (tertiary/aromatic N) is 2. The van der Waals surface area contributed by atoms with E-state index in [0.29, 0.717) is 24.5 Å². The number of rotatable bonds is 7. The second-order valence-corrected chi connectivity index (χ2v) is 8.63. The molecular weight excluding hydrogens is 406 g/mol. The van der Waals surface area contributed by atoms with Crippen molar-refractivity contribution >= 4 is 6.09 Å². The molecule has 0 unspecified atom stereocenters. The second kappa shape index (κ2) is 8.86. The van der Waals surface area contributed by atoms with Gasteiger partial charge >= 0.3 is 6.09 Å². The number of carboxylic acid groups (broad SMARTS) is 1. The molecule has 1 aliphatic rings. The molecule has 1 heterocycles. The SMILES string of the molecule is Cc1cncc(Oc2ccc(C(C)(C)c3ccc(O[C@H]4C[C@H](NC(=O)O)C4)cc3)cc2)n1. The fourth-order valence-corrected chi connectivity index (χ4v) is 3.81. The van der Waals surface area contributed by atoms with Crippen LogP contribution < -0.4 is 14.8 Å². The highest BCUT2D eigenvalue weighted by atomic mass is 16.5. The van der Waals surface area contributed by atoms with E-state index in [1.807, 2.05) is 31.2 Å². The molecule has 3 aromatic rings. The van der Waals surface area contributed by atoms with Crippen molar-refractivity contribution < 1.29 is 19.4 Å². The van der Waals surface area contributed by atoms with Crippen molar-refractivity contribution in [1.82, 2.24) is 15.3 Å². The van der Waals surface area contributed by atoms with Crippen molar-refractivity contribution in [2.24, 2.45) is 0 Å². The summed E-state index contributed by atoms with van der Waals surface area (Å²) in [6.07, 6.45) is 3.75. The van der Waals surface area contributed by atoms with E-state index in [1.165, 1.54) is 5.56 Å². The molecular formula is C25H27N3O4. The Morgan fingerprint density at radius 2 is 1.59 bits per heavy atom. The number of hydrogen-bond acceptors (Lipinski definition) is 5. The van der Waals surface area contributed by atoms with Gasteiger partial charge in [0.1, 0.15) is 17.6 Å². The molecule has 7 nitrogen and oxygen atoms in total. The number of benzene rings is 2. The molecule has 1 aromatic heterocycles. The Kier molecular flexibility index (Phi) is 5.99. The van der Waals surface area contributed by atoms with Gasteiger partial charge in [-0.05, 0) is 42.3 Å². The van der Waals surface area contributed by atoms with Crippen molar-refractivity contribution in [1.29, 1.82) is 0 Å². The molecule has 4 rings (SSSR count). The van der Waals surface area contributed by atoms with E-state index in [9.17, 15) is 4.79 Å². The molecule has 0 radical (unpaired) electrons. The van der Waals surface area contributed by atoms with Crippen LogP contribution in [0.5, 0.6) is 17.4 Å². The van der Waals surface area contributed by atoms with Crippen molar-refractivity contribution in [2.45, 2.75) is 51.2 Å². The number of hydrogen-bond donors (Lipinski definition) is 2. The smallest absolute Gasteiger partial charge is 0.404 e. The number of amides is 1. The first kappa shape index (κ1) is 21.6. The number of aryl methyl sites for hydroxylation is 1. The summed E-state index contributed by atoms with van der Waals surface area (Å²) in [4.78, 5) is 19.1. The monoisotopic (exact) mass is 433 g/mol. The van der Waals surface area contributed by atoms with Gasteiger partial charge in [-0.3, -0.25) is 4.98 Å². The maximum atomic E-state index is 10.7. The van der Waals surface area contributed by atoms with E-state index in [-0.39, 0.29) is 17.6 Å². The van der Waals surface area contributed by atoms with E-state index >= 15 is 0 Å². The topological polar surface area (TPSA) is 93.6 Å². The standard InChI is InChI=1S/C25H27N3O4/c1-16-14-26-15-23(27-16)32-21-10-6-18(7-11-21)25(2,3)17-4-8-20(9-5-17)31-22-12-19(13-22)28-24(29)30/h4-11,14-15,19,22,28H,12-13H2,1-3H3,(H,29,30)/t19-,22-. The molecule has 7 heteroatoms. The van der Waals surface area contributed by atoms with Crippen molar-refractivity contribution in [3.05, 3.63) is 77.7 Å². The Labute approximate surface area is 187 Å². The summed E-state index contributed by atoms with van der Waals surface area (Å²) in [5.41, 5.74) is 2.94. The number of ether oxygens (including phenoxy) is 2. The summed E-state index contributed by atoms with van der Waals surface area (Å²) in [7, 11) is 0. The number of aromatic nitrogens is 2. The van der Waals surface area contributed by atoms with Gasteiger partial charge in [-0.2, -0.15) is 0 Å². The first-order chi connectivity index (χ1) is 15.3. The van der Waals surface area contributed by atoms with Crippen LogP contribution in [-0.2, 0) is 5.41 Å². The van der Waals surface area contributed by atoms with E-state index in [0.717, 1.165) is 17.0 Å². The summed E-state index contributed by atoms with van der Waals surface area (Å²) >= 11 is 0. The van der Waals surface area contributed by atoms with E-state index in [4.69, 9.17) is 14.6 Å². The van der Waals surface area contributed by atoms with Gasteiger partial charge in [0.15, 0.2) is 0 Å². The highest BCUT2D eigenvalue weighted by Gasteiger charge is 2.32. The first-order valence-corrected chi connectivity index (χ1v) is 10.6. The summed E-state index contributed by atoms with van der Waals surface area (Å²) < 4.78 is 11.8. The van der Waals surface area contributed by atoms with Gasteiger partial charge in [-0.15, -0.1) is 0 Å². The number of carbonyl (C=O) groups is 1. The normalized spacial score (nSPS) is 17.8. The maximum Gasteiger partial charge on any atom is 0.404 e. The van der Waals surface area contributed by atoms with E-state index < -0.39 is 6.09 Å². The molecule has 0 aliphatic heterocycles. The Balaban J connectivity index is 1.38. The van der Waals surface area contributed by atoms with Gasteiger partial charge in [-0.1, -0.05) is 38.1 Å². The largest absolute Gasteiger partial charge is 0.490 e. The minimum Gasteiger partial charge on any atom is -0.490 e. The zero-order valence-electron chi connectivity index (χ0n) is 18.4. The van der Waals surface area contributed by atoms with Crippen LogP contribution in [-0.4, -0.2) is 33.3 Å². The Morgan fingerprint density at radius 1 is 1.00 bits per heavy atom. The van der Waals surface area contributed by atoms with Gasteiger partial charge in [0.05, 0.1) is 11.9 Å². The lowest BCUT2D eigenvalue weighted by Crippen LogP contribution is -2.48. The fraction of sp³-hybridized carbons (Fsp3) is 0.320. The van der Waals surface area contributed by atoms with E-state index in [2.05, 4.69) is 53.4 Å². The van der Waals surface area contributed by atoms with E-state index in [1.54, 1.807) is 12.4 Å². The predicted octanol–water partition coefficient (Wildman–Crippen LogP) is 5.08. The van der Waals surface area contributed by atoms with Crippen molar-refractivity contribution in [3.8, 4) is 17.4 Å². The van der Waals surface area contributed by atoms with Crippen LogP contribution in [0.15, 0.2) is 60.9 Å². The van der Waals surface area contributed by atoms with Gasteiger partial charge in [-0.25, -0.2) is 9.78 Å². The first-order valence-electron chi connectivity index (χ1n) is 10.6. The molecule has 2 aromatic carbocycles. The maximum absolute atomic E-state index is 10.7. The zero-order valence-corrected chi connectivity index (χ0v) is 18.4. The molecule has 32 heavy (non-hydrogen) atoms. The molecule has 0 saturated heterocycles. The molecule has 0 spiro atoms. The quantitative estimate of drug-likeness (QED) is 0.540. The molecule has 1 amide bonds. The fourth-order valence-electron chi connectivity index (χ4n) is 3.81. The minimum absolute atomic E-state index is 0.0133. The molecule has 2 N–H and O–H groups in total. The summed E-state index contributed by atoms with van der Waals surface area (Å²) in [6.45, 7) is 6.24. The molecule has 1 saturated carbocycles. The number of nitrogens with one attached hydrogen (secondary N) is 1. The molecule has 0 atom stereocenters. The van der Waals surface area contributed by atoms with Gasteiger partial charge in [0.25, 0.3) is 0 Å². The van der Waals surface area contributed by atoms with Crippen molar-refractivity contribution in [2.75, 3.05) is 0 Å².